The third kappa shape index (κ3) is 2.28. The van der Waals surface area contributed by atoms with Crippen molar-refractivity contribution in [2.75, 3.05) is 0 Å². The number of amides is 1. The van der Waals surface area contributed by atoms with E-state index in [1.807, 2.05) is 0 Å². The van der Waals surface area contributed by atoms with E-state index in [2.05, 4.69) is 0 Å². The van der Waals surface area contributed by atoms with Crippen molar-refractivity contribution in [3.05, 3.63) is 0 Å². The summed E-state index contributed by atoms with van der Waals surface area (Å²) in [6.45, 7) is 5.32. The van der Waals surface area contributed by atoms with E-state index in [4.69, 9.17) is 4.74 Å². The fourth-order valence-corrected chi connectivity index (χ4v) is 2.56. The van der Waals surface area contributed by atoms with E-state index in [9.17, 15) is 14.0 Å². The lowest BCUT2D eigenvalue weighted by Crippen LogP contribution is -2.54. The van der Waals surface area contributed by atoms with Crippen LogP contribution < -0.4 is 0 Å². The summed E-state index contributed by atoms with van der Waals surface area (Å²) in [5.41, 5.74) is -0.593. The molecule has 5 heteroatoms. The zero-order chi connectivity index (χ0) is 12.8. The van der Waals surface area contributed by atoms with Gasteiger partial charge in [-0.2, -0.15) is 0 Å². The van der Waals surface area contributed by atoms with Crippen LogP contribution >= 0.6 is 0 Å². The molecule has 2 rings (SSSR count). The highest BCUT2D eigenvalue weighted by molar-refractivity contribution is 5.87. The molecular formula is C12H18FNO3. The Hall–Kier alpha value is -1.13. The van der Waals surface area contributed by atoms with Crippen LogP contribution in [0.2, 0.25) is 0 Å². The molecule has 0 radical (unpaired) electrons. The van der Waals surface area contributed by atoms with Crippen LogP contribution in [0.3, 0.4) is 0 Å². The van der Waals surface area contributed by atoms with Gasteiger partial charge in [0.15, 0.2) is 12.0 Å². The highest BCUT2D eigenvalue weighted by Crippen LogP contribution is 2.36. The van der Waals surface area contributed by atoms with Gasteiger partial charge < -0.3 is 4.74 Å². The van der Waals surface area contributed by atoms with Gasteiger partial charge in [-0.05, 0) is 33.6 Å². The molecule has 17 heavy (non-hydrogen) atoms. The smallest absolute Gasteiger partial charge is 0.410 e. The topological polar surface area (TPSA) is 46.6 Å². The number of Topliss-reactive ketones (excluding diaryl/α,β-unsaturated/α-hetero) is 1. The predicted octanol–water partition coefficient (Wildman–Crippen LogP) is 2.07. The predicted molar refractivity (Wildman–Crippen MR) is 59.4 cm³/mol. The summed E-state index contributed by atoms with van der Waals surface area (Å²) >= 11 is 0. The van der Waals surface area contributed by atoms with Gasteiger partial charge in [0.2, 0.25) is 0 Å². The van der Waals surface area contributed by atoms with Gasteiger partial charge >= 0.3 is 6.09 Å². The van der Waals surface area contributed by atoms with E-state index < -0.39 is 23.9 Å². The summed E-state index contributed by atoms with van der Waals surface area (Å²) in [7, 11) is 0. The molecule has 0 spiro atoms. The largest absolute Gasteiger partial charge is 0.444 e. The van der Waals surface area contributed by atoms with Crippen LogP contribution in [0, 0.1) is 0 Å². The van der Waals surface area contributed by atoms with Gasteiger partial charge in [0.05, 0.1) is 6.04 Å². The molecule has 0 unspecified atom stereocenters. The van der Waals surface area contributed by atoms with E-state index in [1.54, 1.807) is 20.8 Å². The van der Waals surface area contributed by atoms with Crippen molar-refractivity contribution in [3.8, 4) is 0 Å². The summed E-state index contributed by atoms with van der Waals surface area (Å²) in [6.07, 6.45) is -0.675. The molecule has 2 aliphatic heterocycles. The van der Waals surface area contributed by atoms with E-state index >= 15 is 0 Å². The zero-order valence-electron chi connectivity index (χ0n) is 10.4. The van der Waals surface area contributed by atoms with Crippen LogP contribution in [0.25, 0.3) is 0 Å². The van der Waals surface area contributed by atoms with E-state index in [0.29, 0.717) is 12.8 Å². The van der Waals surface area contributed by atoms with Gasteiger partial charge in [0, 0.05) is 12.5 Å². The van der Waals surface area contributed by atoms with Gasteiger partial charge in [0.25, 0.3) is 0 Å². The van der Waals surface area contributed by atoms with Crippen molar-refractivity contribution in [2.24, 2.45) is 0 Å². The molecule has 0 aromatic carbocycles. The summed E-state index contributed by atoms with van der Waals surface area (Å²) < 4.78 is 19.0. The molecule has 0 aliphatic carbocycles. The molecule has 0 saturated carbocycles. The van der Waals surface area contributed by atoms with Gasteiger partial charge in [-0.1, -0.05) is 0 Å². The molecule has 3 atom stereocenters. The number of alkyl halides is 1. The number of ketones is 1. The van der Waals surface area contributed by atoms with Crippen molar-refractivity contribution >= 4 is 11.9 Å². The number of hydrogen-bond donors (Lipinski definition) is 0. The first kappa shape index (κ1) is 12.3. The van der Waals surface area contributed by atoms with Crippen molar-refractivity contribution in [1.29, 1.82) is 0 Å². The Bertz CT molecular complexity index is 350. The number of piperidine rings is 1. The molecular weight excluding hydrogens is 225 g/mol. The molecule has 2 bridgehead atoms. The summed E-state index contributed by atoms with van der Waals surface area (Å²) in [4.78, 5) is 24.7. The number of rotatable bonds is 0. The van der Waals surface area contributed by atoms with Crippen LogP contribution in [0.15, 0.2) is 0 Å². The van der Waals surface area contributed by atoms with Gasteiger partial charge in [-0.15, -0.1) is 0 Å². The molecule has 2 aliphatic rings. The Labute approximate surface area is 100 Å². The number of ether oxygens (including phenoxy) is 1. The molecule has 0 aromatic heterocycles. The molecule has 1 amide bonds. The second kappa shape index (κ2) is 3.96. The Kier molecular flexibility index (Phi) is 2.87. The maximum Gasteiger partial charge on any atom is 0.410 e. The third-order valence-corrected chi connectivity index (χ3v) is 3.23. The van der Waals surface area contributed by atoms with E-state index in [0.717, 1.165) is 0 Å². The molecule has 0 N–H and O–H groups in total. The first-order valence-electron chi connectivity index (χ1n) is 5.98. The first-order chi connectivity index (χ1) is 7.79. The standard InChI is InChI=1S/C12H18FNO3/c1-12(2,3)17-11(16)14-7-4-5-8(14)10(13)9(15)6-7/h7-8,10H,4-6H2,1-3H3/t7-,8-,10+/m0/s1. The second-order valence-corrected chi connectivity index (χ2v) is 5.76. The Morgan fingerprint density at radius 3 is 2.65 bits per heavy atom. The van der Waals surface area contributed by atoms with Crippen LogP contribution in [0.1, 0.15) is 40.0 Å². The van der Waals surface area contributed by atoms with Crippen LogP contribution in [-0.2, 0) is 9.53 Å². The maximum absolute atomic E-state index is 13.7. The molecule has 2 saturated heterocycles. The number of hydrogen-bond acceptors (Lipinski definition) is 3. The monoisotopic (exact) mass is 243 g/mol. The third-order valence-electron chi connectivity index (χ3n) is 3.23. The van der Waals surface area contributed by atoms with Gasteiger partial charge in [0.1, 0.15) is 5.60 Å². The highest BCUT2D eigenvalue weighted by Gasteiger charge is 2.50. The lowest BCUT2D eigenvalue weighted by atomic mass is 10.0. The summed E-state index contributed by atoms with van der Waals surface area (Å²) in [6, 6.07) is -0.787. The number of carbonyl (C=O) groups excluding carboxylic acids is 2. The molecule has 2 fully saturated rings. The number of nitrogens with zero attached hydrogens (tertiary/aromatic N) is 1. The average Bonchev–Trinajstić information content (AvgIpc) is 2.51. The van der Waals surface area contributed by atoms with E-state index in [-0.39, 0.29) is 18.2 Å². The lowest BCUT2D eigenvalue weighted by molar-refractivity contribution is -0.130. The molecule has 4 nitrogen and oxygen atoms in total. The van der Waals surface area contributed by atoms with Crippen LogP contribution in [0.4, 0.5) is 9.18 Å². The number of fused-ring (bicyclic) bond motifs is 2. The SMILES string of the molecule is CC(C)(C)OC(=O)N1[C@H]2CC[C@H]1[C@@H](F)C(=O)C2. The van der Waals surface area contributed by atoms with Crippen LogP contribution in [0.5, 0.6) is 0 Å². The highest BCUT2D eigenvalue weighted by atomic mass is 19.1. The number of halogens is 1. The Morgan fingerprint density at radius 2 is 2.06 bits per heavy atom. The zero-order valence-corrected chi connectivity index (χ0v) is 10.4. The Morgan fingerprint density at radius 1 is 1.41 bits per heavy atom. The molecule has 96 valence electrons. The fourth-order valence-electron chi connectivity index (χ4n) is 2.56. The first-order valence-corrected chi connectivity index (χ1v) is 5.98. The molecule has 0 aromatic rings. The minimum Gasteiger partial charge on any atom is -0.444 e. The number of carbonyl (C=O) groups is 2. The minimum atomic E-state index is -1.54. The van der Waals surface area contributed by atoms with E-state index in [1.165, 1.54) is 4.90 Å². The maximum atomic E-state index is 13.7. The van der Waals surface area contributed by atoms with Gasteiger partial charge in [-0.3, -0.25) is 9.69 Å². The lowest BCUT2D eigenvalue weighted by Gasteiger charge is -2.36. The van der Waals surface area contributed by atoms with Crippen molar-refractivity contribution in [1.82, 2.24) is 4.90 Å². The van der Waals surface area contributed by atoms with Gasteiger partial charge in [-0.25, -0.2) is 9.18 Å². The quantitative estimate of drug-likeness (QED) is 0.654. The normalized spacial score (nSPS) is 32.8. The summed E-state index contributed by atoms with van der Waals surface area (Å²) in [5, 5.41) is 0. The molecule has 2 heterocycles. The van der Waals surface area contributed by atoms with Crippen molar-refractivity contribution in [2.45, 2.75) is 63.9 Å². The average molecular weight is 243 g/mol. The Balaban J connectivity index is 2.12. The van der Waals surface area contributed by atoms with Crippen molar-refractivity contribution < 1.29 is 18.7 Å². The summed E-state index contributed by atoms with van der Waals surface area (Å²) in [5.74, 6) is -0.377. The second-order valence-electron chi connectivity index (χ2n) is 5.76. The fraction of sp³-hybridized carbons (Fsp3) is 0.833. The minimum absolute atomic E-state index is 0.122. The van der Waals surface area contributed by atoms with Crippen LogP contribution in [-0.4, -0.2) is 40.6 Å². The van der Waals surface area contributed by atoms with Crippen molar-refractivity contribution in [3.63, 3.8) is 0 Å².